The van der Waals surface area contributed by atoms with Crippen molar-refractivity contribution in [3.63, 3.8) is 0 Å². The van der Waals surface area contributed by atoms with Crippen molar-refractivity contribution < 1.29 is 0 Å². The van der Waals surface area contributed by atoms with Gasteiger partial charge in [-0.05, 0) is 24.7 Å². The second-order valence-corrected chi connectivity index (χ2v) is 5.67. The van der Waals surface area contributed by atoms with Gasteiger partial charge in [-0.25, -0.2) is 0 Å². The summed E-state index contributed by atoms with van der Waals surface area (Å²) in [5.74, 6) is 0. The maximum atomic E-state index is 5.33. The second-order valence-electron chi connectivity index (χ2n) is 5.26. The average Bonchev–Trinajstić information content (AvgIpc) is 3.10. The molecule has 2 N–H and O–H groups in total. The maximum Gasteiger partial charge on any atom is 0.175 e. The smallest absolute Gasteiger partial charge is 0.175 e. The molecule has 0 aliphatic heterocycles. The first-order valence-corrected chi connectivity index (χ1v) is 7.65. The van der Waals surface area contributed by atoms with Gasteiger partial charge < -0.3 is 10.6 Å². The van der Waals surface area contributed by atoms with Crippen molar-refractivity contribution in [1.29, 1.82) is 0 Å². The van der Waals surface area contributed by atoms with Crippen LogP contribution in [-0.4, -0.2) is 24.7 Å². The average molecular weight is 326 g/mol. The molecule has 0 atom stereocenters. The zero-order valence-electron chi connectivity index (χ0n) is 13.0. The van der Waals surface area contributed by atoms with Crippen molar-refractivity contribution in [1.82, 2.24) is 19.6 Å². The summed E-state index contributed by atoms with van der Waals surface area (Å²) < 4.78 is 3.67. The molecule has 0 unspecified atom stereocenters. The molecular weight excluding hydrogens is 308 g/mol. The highest BCUT2D eigenvalue weighted by Crippen LogP contribution is 2.13. The lowest BCUT2D eigenvalue weighted by molar-refractivity contribution is 0.687. The highest BCUT2D eigenvalue weighted by Gasteiger charge is 2.06. The van der Waals surface area contributed by atoms with Gasteiger partial charge in [0.25, 0.3) is 0 Å². The standard InChI is InChI=1S/C16H18N6S/c1-12-15(9-17-21(12)2)20-16(23)19-14-8-18-22(11-14)10-13-6-4-3-5-7-13/h3-9,11H,10H2,1-2H3,(H2,19,20,23). The van der Waals surface area contributed by atoms with Crippen molar-refractivity contribution in [3.8, 4) is 0 Å². The van der Waals surface area contributed by atoms with Gasteiger partial charge in [-0.2, -0.15) is 10.2 Å². The molecule has 7 heteroatoms. The molecule has 6 nitrogen and oxygen atoms in total. The quantitative estimate of drug-likeness (QED) is 0.722. The zero-order valence-corrected chi connectivity index (χ0v) is 13.8. The van der Waals surface area contributed by atoms with Crippen molar-refractivity contribution >= 4 is 28.7 Å². The summed E-state index contributed by atoms with van der Waals surface area (Å²) in [6.07, 6.45) is 5.44. The molecule has 0 fully saturated rings. The molecule has 0 radical (unpaired) electrons. The number of nitrogens with one attached hydrogen (secondary N) is 2. The van der Waals surface area contributed by atoms with Gasteiger partial charge in [0, 0.05) is 13.2 Å². The van der Waals surface area contributed by atoms with Gasteiger partial charge in [0.15, 0.2) is 5.11 Å². The Morgan fingerprint density at radius 1 is 1.13 bits per heavy atom. The van der Waals surface area contributed by atoms with Crippen molar-refractivity contribution in [2.45, 2.75) is 13.5 Å². The Morgan fingerprint density at radius 2 is 1.91 bits per heavy atom. The van der Waals surface area contributed by atoms with Gasteiger partial charge in [0.05, 0.1) is 36.0 Å². The predicted octanol–water partition coefficient (Wildman–Crippen LogP) is 2.78. The zero-order chi connectivity index (χ0) is 16.2. The summed E-state index contributed by atoms with van der Waals surface area (Å²) in [6.45, 7) is 2.71. The van der Waals surface area contributed by atoms with Crippen LogP contribution in [0.25, 0.3) is 0 Å². The van der Waals surface area contributed by atoms with Crippen LogP contribution in [0.15, 0.2) is 48.9 Å². The van der Waals surface area contributed by atoms with Crippen LogP contribution in [-0.2, 0) is 13.6 Å². The summed E-state index contributed by atoms with van der Waals surface area (Å²) in [5.41, 5.74) is 3.96. The molecule has 2 heterocycles. The van der Waals surface area contributed by atoms with E-state index in [9.17, 15) is 0 Å². The van der Waals surface area contributed by atoms with Crippen molar-refractivity contribution in [2.24, 2.45) is 7.05 Å². The Bertz CT molecular complexity index is 805. The van der Waals surface area contributed by atoms with Gasteiger partial charge in [0.1, 0.15) is 0 Å². The first-order chi connectivity index (χ1) is 11.1. The number of benzene rings is 1. The Morgan fingerprint density at radius 3 is 2.61 bits per heavy atom. The first kappa shape index (κ1) is 15.2. The highest BCUT2D eigenvalue weighted by molar-refractivity contribution is 7.80. The first-order valence-electron chi connectivity index (χ1n) is 7.25. The van der Waals surface area contributed by atoms with Crippen LogP contribution < -0.4 is 10.6 Å². The van der Waals surface area contributed by atoms with Gasteiger partial charge >= 0.3 is 0 Å². The summed E-state index contributed by atoms with van der Waals surface area (Å²) in [6, 6.07) is 10.2. The molecule has 3 rings (SSSR count). The van der Waals surface area contributed by atoms with E-state index in [1.807, 2.05) is 43.0 Å². The van der Waals surface area contributed by atoms with E-state index >= 15 is 0 Å². The molecule has 0 saturated carbocycles. The van der Waals surface area contributed by atoms with Gasteiger partial charge in [-0.3, -0.25) is 9.36 Å². The maximum absolute atomic E-state index is 5.33. The molecule has 23 heavy (non-hydrogen) atoms. The fourth-order valence-electron chi connectivity index (χ4n) is 2.19. The van der Waals surface area contributed by atoms with E-state index in [1.54, 1.807) is 17.1 Å². The summed E-state index contributed by atoms with van der Waals surface area (Å²) in [4.78, 5) is 0. The number of nitrogens with zero attached hydrogens (tertiary/aromatic N) is 4. The number of aryl methyl sites for hydroxylation is 1. The van der Waals surface area contributed by atoms with Crippen molar-refractivity contribution in [3.05, 3.63) is 60.2 Å². The van der Waals surface area contributed by atoms with Crippen molar-refractivity contribution in [2.75, 3.05) is 10.6 Å². The topological polar surface area (TPSA) is 59.7 Å². The summed E-state index contributed by atoms with van der Waals surface area (Å²) in [7, 11) is 1.89. The van der Waals surface area contributed by atoms with Crippen LogP contribution in [0.2, 0.25) is 0 Å². The van der Waals surface area contributed by atoms with E-state index < -0.39 is 0 Å². The minimum absolute atomic E-state index is 0.514. The Kier molecular flexibility index (Phi) is 4.38. The fraction of sp³-hybridized carbons (Fsp3) is 0.188. The van der Waals surface area contributed by atoms with E-state index in [0.29, 0.717) is 5.11 Å². The van der Waals surface area contributed by atoms with Crippen LogP contribution in [0, 0.1) is 6.92 Å². The van der Waals surface area contributed by atoms with Gasteiger partial charge in [0.2, 0.25) is 0 Å². The number of anilines is 2. The number of aromatic nitrogens is 4. The molecule has 0 amide bonds. The third-order valence-corrected chi connectivity index (χ3v) is 3.77. The number of hydrogen-bond donors (Lipinski definition) is 2. The molecule has 3 aromatic rings. The molecule has 0 bridgehead atoms. The third kappa shape index (κ3) is 3.75. The predicted molar refractivity (Wildman–Crippen MR) is 95.6 cm³/mol. The molecule has 0 aliphatic rings. The third-order valence-electron chi connectivity index (χ3n) is 3.56. The molecule has 0 saturated heterocycles. The molecule has 2 aromatic heterocycles. The van der Waals surface area contributed by atoms with Crippen LogP contribution in [0.1, 0.15) is 11.3 Å². The minimum atomic E-state index is 0.514. The lowest BCUT2D eigenvalue weighted by atomic mass is 10.2. The summed E-state index contributed by atoms with van der Waals surface area (Å²) in [5, 5.41) is 15.3. The van der Waals surface area contributed by atoms with Crippen LogP contribution in [0.5, 0.6) is 0 Å². The van der Waals surface area contributed by atoms with Crippen LogP contribution >= 0.6 is 12.2 Å². The van der Waals surface area contributed by atoms with E-state index in [-0.39, 0.29) is 0 Å². The summed E-state index contributed by atoms with van der Waals surface area (Å²) >= 11 is 5.33. The van der Waals surface area contributed by atoms with E-state index in [4.69, 9.17) is 12.2 Å². The lowest BCUT2D eigenvalue weighted by Crippen LogP contribution is -2.19. The van der Waals surface area contributed by atoms with Gasteiger partial charge in [-0.15, -0.1) is 0 Å². The lowest BCUT2D eigenvalue weighted by Gasteiger charge is -2.08. The number of rotatable bonds is 4. The Balaban J connectivity index is 1.60. The largest absolute Gasteiger partial charge is 0.330 e. The molecule has 118 valence electrons. The number of thiocarbonyl (C=S) groups is 1. The van der Waals surface area contributed by atoms with E-state index in [1.165, 1.54) is 5.56 Å². The monoisotopic (exact) mass is 326 g/mol. The Hall–Kier alpha value is -2.67. The van der Waals surface area contributed by atoms with Crippen LogP contribution in [0.3, 0.4) is 0 Å². The molecule has 0 aliphatic carbocycles. The van der Waals surface area contributed by atoms with E-state index in [2.05, 4.69) is 33.0 Å². The Labute approximate surface area is 140 Å². The molecule has 0 spiro atoms. The number of hydrogen-bond acceptors (Lipinski definition) is 3. The normalized spacial score (nSPS) is 10.5. The minimum Gasteiger partial charge on any atom is -0.330 e. The SMILES string of the molecule is Cc1c(NC(=S)Nc2cnn(Cc3ccccc3)c2)cnn1C. The molecular formula is C16H18N6S. The second kappa shape index (κ2) is 6.62. The van der Waals surface area contributed by atoms with Crippen LogP contribution in [0.4, 0.5) is 11.4 Å². The van der Waals surface area contributed by atoms with Gasteiger partial charge in [-0.1, -0.05) is 30.3 Å². The molecule has 1 aromatic carbocycles. The fourth-order valence-corrected chi connectivity index (χ4v) is 2.42. The van der Waals surface area contributed by atoms with E-state index in [0.717, 1.165) is 23.6 Å². The highest BCUT2D eigenvalue weighted by atomic mass is 32.1.